The molecule has 2 heterocycles. The molecule has 14 nitrogen and oxygen atoms in total. The summed E-state index contributed by atoms with van der Waals surface area (Å²) in [6.07, 6.45) is -10.3. The number of hydrogen-bond acceptors (Lipinski definition) is 13. The third-order valence-electron chi connectivity index (χ3n) is 7.14. The zero-order valence-corrected chi connectivity index (χ0v) is 23.0. The fourth-order valence-corrected chi connectivity index (χ4v) is 4.55. The summed E-state index contributed by atoms with van der Waals surface area (Å²) in [7, 11) is 0. The van der Waals surface area contributed by atoms with Crippen LogP contribution in [-0.4, -0.2) is 128 Å². The molecule has 0 bridgehead atoms. The number of rotatable bonds is 11. The SMILES string of the molecule is O=C(/C=C/c1ccc(O[C@@H]2O[C@H](CO)[C@@H](O)[C@H](O)[C@H]2O)cc1)NCCc1ccc(O[C@@H]2O[C@H](CO)[C@@H](O)[C@H](O)[C@H]2O)cc1. The first-order valence-corrected chi connectivity index (χ1v) is 13.7. The first kappa shape index (κ1) is 32.8. The van der Waals surface area contributed by atoms with Crippen LogP contribution in [0.15, 0.2) is 54.6 Å². The average molecular weight is 608 g/mol. The lowest BCUT2D eigenvalue weighted by Crippen LogP contribution is -2.60. The predicted molar refractivity (Wildman–Crippen MR) is 147 cm³/mol. The standard InChI is InChI=1S/C29H37NO13/c31-13-19-22(34)24(36)26(38)28(42-19)40-17-6-1-15(2-7-17)5-10-21(33)30-12-11-16-3-8-18(9-4-16)41-29-27(39)25(37)23(35)20(14-32)43-29/h1-10,19-20,22-29,31-32,34-39H,11-14H2,(H,30,33)/b10-5+/t19-,20-,22-,23-,24+,25+,26-,27-,28-,29-/m1/s1. The maximum Gasteiger partial charge on any atom is 0.244 e. The Balaban J connectivity index is 1.20. The largest absolute Gasteiger partial charge is 0.462 e. The van der Waals surface area contributed by atoms with Crippen LogP contribution in [0.4, 0.5) is 0 Å². The monoisotopic (exact) mass is 607 g/mol. The van der Waals surface area contributed by atoms with Gasteiger partial charge in [-0.25, -0.2) is 0 Å². The quantitative estimate of drug-likeness (QED) is 0.120. The van der Waals surface area contributed by atoms with Gasteiger partial charge in [0.25, 0.3) is 0 Å². The maximum atomic E-state index is 12.3. The van der Waals surface area contributed by atoms with E-state index in [0.29, 0.717) is 30.0 Å². The van der Waals surface area contributed by atoms with E-state index in [-0.39, 0.29) is 5.91 Å². The van der Waals surface area contributed by atoms with Crippen molar-refractivity contribution in [1.82, 2.24) is 5.32 Å². The van der Waals surface area contributed by atoms with E-state index in [4.69, 9.17) is 18.9 Å². The van der Waals surface area contributed by atoms with E-state index < -0.39 is 74.6 Å². The fourth-order valence-electron chi connectivity index (χ4n) is 4.55. The van der Waals surface area contributed by atoms with E-state index in [1.165, 1.54) is 6.08 Å². The molecule has 10 atom stereocenters. The molecule has 0 aromatic heterocycles. The topological polar surface area (TPSA) is 228 Å². The van der Waals surface area contributed by atoms with Crippen molar-refractivity contribution in [2.45, 2.75) is 67.8 Å². The van der Waals surface area contributed by atoms with Gasteiger partial charge in [-0.1, -0.05) is 24.3 Å². The highest BCUT2D eigenvalue weighted by Gasteiger charge is 2.45. The summed E-state index contributed by atoms with van der Waals surface area (Å²) in [5.74, 6) is 0.324. The van der Waals surface area contributed by atoms with Crippen LogP contribution < -0.4 is 14.8 Å². The molecule has 0 saturated carbocycles. The molecular formula is C29H37NO13. The molecule has 14 heteroatoms. The first-order valence-electron chi connectivity index (χ1n) is 13.7. The van der Waals surface area contributed by atoms with E-state index in [0.717, 1.165) is 5.56 Å². The summed E-state index contributed by atoms with van der Waals surface area (Å²) in [4.78, 5) is 12.3. The van der Waals surface area contributed by atoms with Gasteiger partial charge < -0.3 is 65.1 Å². The highest BCUT2D eigenvalue weighted by atomic mass is 16.7. The third-order valence-corrected chi connectivity index (χ3v) is 7.14. The normalized spacial score (nSPS) is 32.8. The molecule has 43 heavy (non-hydrogen) atoms. The Morgan fingerprint density at radius 2 is 1.16 bits per heavy atom. The van der Waals surface area contributed by atoms with Gasteiger partial charge >= 0.3 is 0 Å². The molecule has 2 saturated heterocycles. The Bertz CT molecular complexity index is 1190. The van der Waals surface area contributed by atoms with Crippen LogP contribution in [0.1, 0.15) is 11.1 Å². The highest BCUT2D eigenvalue weighted by Crippen LogP contribution is 2.26. The lowest BCUT2D eigenvalue weighted by atomic mass is 9.99. The van der Waals surface area contributed by atoms with Crippen LogP contribution >= 0.6 is 0 Å². The number of nitrogens with one attached hydrogen (secondary N) is 1. The van der Waals surface area contributed by atoms with Crippen LogP contribution in [0, 0.1) is 0 Å². The molecule has 2 aliphatic rings. The van der Waals surface area contributed by atoms with Gasteiger partial charge in [0.1, 0.15) is 60.3 Å². The number of benzene rings is 2. The Hall–Kier alpha value is -3.15. The number of carbonyl (C=O) groups is 1. The van der Waals surface area contributed by atoms with Crippen molar-refractivity contribution >= 4 is 12.0 Å². The summed E-state index contributed by atoms with van der Waals surface area (Å²) in [5.41, 5.74) is 1.58. The average Bonchev–Trinajstić information content (AvgIpc) is 3.02. The van der Waals surface area contributed by atoms with Crippen molar-refractivity contribution in [2.24, 2.45) is 0 Å². The molecule has 2 fully saturated rings. The van der Waals surface area contributed by atoms with E-state index in [1.54, 1.807) is 54.6 Å². The van der Waals surface area contributed by atoms with Crippen LogP contribution in [0.25, 0.3) is 6.08 Å². The van der Waals surface area contributed by atoms with Gasteiger partial charge in [-0.05, 0) is 47.9 Å². The molecule has 236 valence electrons. The second-order valence-electron chi connectivity index (χ2n) is 10.2. The number of aliphatic hydroxyl groups excluding tert-OH is 8. The number of ether oxygens (including phenoxy) is 4. The minimum absolute atomic E-state index is 0.301. The van der Waals surface area contributed by atoms with Gasteiger partial charge in [-0.2, -0.15) is 0 Å². The molecular weight excluding hydrogens is 570 g/mol. The number of hydrogen-bond donors (Lipinski definition) is 9. The lowest BCUT2D eigenvalue weighted by molar-refractivity contribution is -0.277. The van der Waals surface area contributed by atoms with Crippen LogP contribution in [0.2, 0.25) is 0 Å². The van der Waals surface area contributed by atoms with E-state index in [9.17, 15) is 45.6 Å². The van der Waals surface area contributed by atoms with Gasteiger partial charge in [0, 0.05) is 12.6 Å². The van der Waals surface area contributed by atoms with Gasteiger partial charge in [0.15, 0.2) is 0 Å². The fraction of sp³-hybridized carbons (Fsp3) is 0.483. The highest BCUT2D eigenvalue weighted by molar-refractivity contribution is 5.91. The van der Waals surface area contributed by atoms with Gasteiger partial charge in [0.2, 0.25) is 18.5 Å². The van der Waals surface area contributed by atoms with Crippen molar-refractivity contribution in [2.75, 3.05) is 19.8 Å². The van der Waals surface area contributed by atoms with Crippen LogP contribution in [-0.2, 0) is 20.7 Å². The Labute approximate surface area is 247 Å². The van der Waals surface area contributed by atoms with Crippen molar-refractivity contribution in [1.29, 1.82) is 0 Å². The van der Waals surface area contributed by atoms with Crippen molar-refractivity contribution < 1.29 is 64.6 Å². The minimum atomic E-state index is -1.55. The van der Waals surface area contributed by atoms with Gasteiger partial charge in [0.05, 0.1) is 13.2 Å². The van der Waals surface area contributed by atoms with Crippen molar-refractivity contribution in [3.05, 3.63) is 65.7 Å². The zero-order chi connectivity index (χ0) is 31.1. The Morgan fingerprint density at radius 3 is 1.63 bits per heavy atom. The molecule has 2 aromatic rings. The summed E-state index contributed by atoms with van der Waals surface area (Å²) in [6.45, 7) is -0.769. The zero-order valence-electron chi connectivity index (χ0n) is 23.0. The Kier molecular flexibility index (Phi) is 11.5. The number of amides is 1. The second kappa shape index (κ2) is 15.0. The number of aliphatic hydroxyl groups is 8. The molecule has 1 amide bonds. The third kappa shape index (κ3) is 8.27. The van der Waals surface area contributed by atoms with Crippen LogP contribution in [0.5, 0.6) is 11.5 Å². The van der Waals surface area contributed by atoms with Crippen LogP contribution in [0.3, 0.4) is 0 Å². The van der Waals surface area contributed by atoms with Gasteiger partial charge in [-0.15, -0.1) is 0 Å². The maximum absolute atomic E-state index is 12.3. The molecule has 0 spiro atoms. The lowest BCUT2D eigenvalue weighted by Gasteiger charge is -2.39. The molecule has 2 aromatic carbocycles. The summed E-state index contributed by atoms with van der Waals surface area (Å²) >= 11 is 0. The van der Waals surface area contributed by atoms with Gasteiger partial charge in [-0.3, -0.25) is 4.79 Å². The molecule has 0 unspecified atom stereocenters. The van der Waals surface area contributed by atoms with Crippen molar-refractivity contribution in [3.8, 4) is 11.5 Å². The molecule has 4 rings (SSSR count). The predicted octanol–water partition coefficient (Wildman–Crippen LogP) is -2.58. The summed E-state index contributed by atoms with van der Waals surface area (Å²) in [5, 5.41) is 81.1. The van der Waals surface area contributed by atoms with Crippen molar-refractivity contribution in [3.63, 3.8) is 0 Å². The Morgan fingerprint density at radius 1 is 0.698 bits per heavy atom. The van der Waals surface area contributed by atoms with E-state index >= 15 is 0 Å². The molecule has 0 aliphatic carbocycles. The summed E-state index contributed by atoms with van der Waals surface area (Å²) in [6, 6.07) is 13.2. The second-order valence-corrected chi connectivity index (χ2v) is 10.2. The summed E-state index contributed by atoms with van der Waals surface area (Å²) < 4.78 is 21.8. The van der Waals surface area contributed by atoms with E-state index in [1.807, 2.05) is 0 Å². The smallest absolute Gasteiger partial charge is 0.244 e. The molecule has 0 radical (unpaired) electrons. The minimum Gasteiger partial charge on any atom is -0.462 e. The number of carbonyl (C=O) groups excluding carboxylic acids is 1. The molecule has 2 aliphatic heterocycles. The van der Waals surface area contributed by atoms with E-state index in [2.05, 4.69) is 5.32 Å². The first-order chi connectivity index (χ1) is 20.6. The molecule has 9 N–H and O–H groups in total.